The minimum absolute atomic E-state index is 0.484. The van der Waals surface area contributed by atoms with Gasteiger partial charge in [-0.2, -0.15) is 0 Å². The Morgan fingerprint density at radius 1 is 1.10 bits per heavy atom. The molecule has 0 aromatic heterocycles. The van der Waals surface area contributed by atoms with Crippen LogP contribution in [0, 0.1) is 0 Å². The zero-order chi connectivity index (χ0) is 21.0. The zero-order valence-electron chi connectivity index (χ0n) is 17.8. The summed E-state index contributed by atoms with van der Waals surface area (Å²) in [7, 11) is 0. The lowest BCUT2D eigenvalue weighted by atomic mass is 10.1. The van der Waals surface area contributed by atoms with Crippen molar-refractivity contribution in [3.05, 3.63) is 72.3 Å². The first-order valence-corrected chi connectivity index (χ1v) is 10.6. The maximum absolute atomic E-state index is 5.75. The molecule has 1 aliphatic heterocycles. The Morgan fingerprint density at radius 2 is 1.83 bits per heavy atom. The second-order valence-electron chi connectivity index (χ2n) is 6.98. The number of nitrogens with zero attached hydrogens (tertiary/aromatic N) is 2. The van der Waals surface area contributed by atoms with Crippen LogP contribution in [-0.4, -0.2) is 45.4 Å². The number of benzene rings is 2. The molecule has 3 rings (SSSR count). The molecule has 0 radical (unpaired) electrons. The summed E-state index contributed by atoms with van der Waals surface area (Å²) in [5.41, 5.74) is 3.55. The Hall–Kier alpha value is -2.99. The van der Waals surface area contributed by atoms with Crippen LogP contribution in [0.15, 0.2) is 66.2 Å². The molecule has 2 N–H and O–H groups in total. The van der Waals surface area contributed by atoms with Gasteiger partial charge in [0.05, 0.1) is 19.8 Å². The van der Waals surface area contributed by atoms with Crippen LogP contribution in [0.3, 0.4) is 0 Å². The van der Waals surface area contributed by atoms with Gasteiger partial charge in [-0.25, -0.2) is 4.99 Å². The molecule has 0 saturated carbocycles. The highest BCUT2D eigenvalue weighted by atomic mass is 16.5. The summed E-state index contributed by atoms with van der Waals surface area (Å²) >= 11 is 0. The summed E-state index contributed by atoms with van der Waals surface area (Å²) in [6.07, 6.45) is 1.75. The maximum Gasteiger partial charge on any atom is 0.191 e. The number of ether oxygens (including phenoxy) is 2. The van der Waals surface area contributed by atoms with Crippen LogP contribution < -0.4 is 20.3 Å². The summed E-state index contributed by atoms with van der Waals surface area (Å²) < 4.78 is 11.2. The SMILES string of the molecule is C=CCOc1ccccc1CN=C(NCC)NCc1ccccc1N1CCOCC1. The van der Waals surface area contributed by atoms with Crippen LogP contribution in [-0.2, 0) is 17.8 Å². The number of rotatable bonds is 9. The number of guanidine groups is 1. The van der Waals surface area contributed by atoms with E-state index in [-0.39, 0.29) is 0 Å². The molecule has 6 nitrogen and oxygen atoms in total. The zero-order valence-corrected chi connectivity index (χ0v) is 17.8. The maximum atomic E-state index is 5.75. The van der Waals surface area contributed by atoms with E-state index in [1.54, 1.807) is 6.08 Å². The molecule has 30 heavy (non-hydrogen) atoms. The molecule has 0 unspecified atom stereocenters. The second-order valence-corrected chi connectivity index (χ2v) is 6.98. The van der Waals surface area contributed by atoms with Gasteiger partial charge in [-0.05, 0) is 24.6 Å². The van der Waals surface area contributed by atoms with Gasteiger partial charge < -0.3 is 25.0 Å². The summed E-state index contributed by atoms with van der Waals surface area (Å²) in [6.45, 7) is 11.7. The van der Waals surface area contributed by atoms with E-state index in [9.17, 15) is 0 Å². The quantitative estimate of drug-likeness (QED) is 0.379. The monoisotopic (exact) mass is 408 g/mol. The normalized spacial score (nSPS) is 14.3. The van der Waals surface area contributed by atoms with Crippen LogP contribution >= 0.6 is 0 Å². The fourth-order valence-electron chi connectivity index (χ4n) is 3.38. The van der Waals surface area contributed by atoms with Gasteiger partial charge in [-0.1, -0.05) is 49.1 Å². The predicted octanol–water partition coefficient (Wildman–Crippen LogP) is 3.34. The van der Waals surface area contributed by atoms with Gasteiger partial charge in [0.15, 0.2) is 5.96 Å². The standard InChI is InChI=1S/C24H32N4O2/c1-3-15-30-23-12-8-6-10-21(23)19-27-24(25-4-2)26-18-20-9-5-7-11-22(20)28-13-16-29-17-14-28/h3,5-12H,1,4,13-19H2,2H3,(H2,25,26,27). The second kappa shape index (κ2) is 11.9. The third-order valence-electron chi connectivity index (χ3n) is 4.87. The number of aliphatic imine (C=N–C) groups is 1. The van der Waals surface area contributed by atoms with Crippen LogP contribution in [0.1, 0.15) is 18.1 Å². The lowest BCUT2D eigenvalue weighted by molar-refractivity contribution is 0.122. The molecule has 2 aromatic rings. The van der Waals surface area contributed by atoms with Crippen LogP contribution in [0.5, 0.6) is 5.75 Å². The van der Waals surface area contributed by atoms with E-state index >= 15 is 0 Å². The number of anilines is 1. The molecule has 0 spiro atoms. The Kier molecular flexibility index (Phi) is 8.60. The largest absolute Gasteiger partial charge is 0.489 e. The van der Waals surface area contributed by atoms with Crippen molar-refractivity contribution >= 4 is 11.6 Å². The third-order valence-corrected chi connectivity index (χ3v) is 4.87. The molecule has 1 heterocycles. The summed E-state index contributed by atoms with van der Waals surface area (Å²) in [4.78, 5) is 7.15. The van der Waals surface area contributed by atoms with E-state index in [0.717, 1.165) is 50.1 Å². The van der Waals surface area contributed by atoms with E-state index in [1.807, 2.05) is 24.3 Å². The molecule has 1 aliphatic rings. The minimum atomic E-state index is 0.484. The molecule has 6 heteroatoms. The number of hydrogen-bond donors (Lipinski definition) is 2. The van der Waals surface area contributed by atoms with E-state index in [4.69, 9.17) is 14.5 Å². The highest BCUT2D eigenvalue weighted by molar-refractivity contribution is 5.80. The molecule has 1 saturated heterocycles. The molecular weight excluding hydrogens is 376 g/mol. The molecule has 0 atom stereocenters. The predicted molar refractivity (Wildman–Crippen MR) is 123 cm³/mol. The van der Waals surface area contributed by atoms with E-state index < -0.39 is 0 Å². The van der Waals surface area contributed by atoms with Crippen molar-refractivity contribution < 1.29 is 9.47 Å². The van der Waals surface area contributed by atoms with Crippen molar-refractivity contribution in [3.8, 4) is 5.75 Å². The lowest BCUT2D eigenvalue weighted by Crippen LogP contribution is -2.39. The number of morpholine rings is 1. The molecule has 0 amide bonds. The van der Waals surface area contributed by atoms with Crippen molar-refractivity contribution in [1.29, 1.82) is 0 Å². The Balaban J connectivity index is 1.67. The fourth-order valence-corrected chi connectivity index (χ4v) is 3.38. The highest BCUT2D eigenvalue weighted by Gasteiger charge is 2.14. The van der Waals surface area contributed by atoms with Gasteiger partial charge in [0.1, 0.15) is 12.4 Å². The van der Waals surface area contributed by atoms with Crippen molar-refractivity contribution in [2.24, 2.45) is 4.99 Å². The minimum Gasteiger partial charge on any atom is -0.489 e. The molecule has 0 bridgehead atoms. The summed E-state index contributed by atoms with van der Waals surface area (Å²) in [6, 6.07) is 16.5. The fraction of sp³-hybridized carbons (Fsp3) is 0.375. The smallest absolute Gasteiger partial charge is 0.191 e. The van der Waals surface area contributed by atoms with Gasteiger partial charge in [0, 0.05) is 37.4 Å². The van der Waals surface area contributed by atoms with Crippen molar-refractivity contribution in [2.45, 2.75) is 20.0 Å². The van der Waals surface area contributed by atoms with Crippen molar-refractivity contribution in [1.82, 2.24) is 10.6 Å². The number of nitrogens with one attached hydrogen (secondary N) is 2. The Labute approximate surface area is 179 Å². The first kappa shape index (κ1) is 21.7. The summed E-state index contributed by atoms with van der Waals surface area (Å²) in [5, 5.41) is 6.81. The molecular formula is C24H32N4O2. The van der Waals surface area contributed by atoms with Gasteiger partial charge in [0.25, 0.3) is 0 Å². The first-order chi connectivity index (χ1) is 14.8. The van der Waals surface area contributed by atoms with Gasteiger partial charge in [-0.15, -0.1) is 0 Å². The van der Waals surface area contributed by atoms with E-state index in [1.165, 1.54) is 11.3 Å². The number of para-hydroxylation sites is 2. The highest BCUT2D eigenvalue weighted by Crippen LogP contribution is 2.21. The van der Waals surface area contributed by atoms with Gasteiger partial charge >= 0.3 is 0 Å². The topological polar surface area (TPSA) is 58.1 Å². The van der Waals surface area contributed by atoms with Gasteiger partial charge in [-0.3, -0.25) is 0 Å². The Bertz CT molecular complexity index is 831. The lowest BCUT2D eigenvalue weighted by Gasteiger charge is -2.30. The first-order valence-electron chi connectivity index (χ1n) is 10.6. The van der Waals surface area contributed by atoms with Crippen molar-refractivity contribution in [2.75, 3.05) is 44.4 Å². The van der Waals surface area contributed by atoms with Crippen LogP contribution in [0.25, 0.3) is 0 Å². The Morgan fingerprint density at radius 3 is 2.60 bits per heavy atom. The third kappa shape index (κ3) is 6.26. The molecule has 0 aliphatic carbocycles. The van der Waals surface area contributed by atoms with Gasteiger partial charge in [0.2, 0.25) is 0 Å². The van der Waals surface area contributed by atoms with Crippen molar-refractivity contribution in [3.63, 3.8) is 0 Å². The molecule has 1 fully saturated rings. The number of hydrogen-bond acceptors (Lipinski definition) is 4. The molecule has 2 aromatic carbocycles. The average molecular weight is 409 g/mol. The van der Waals surface area contributed by atoms with Crippen LogP contribution in [0.4, 0.5) is 5.69 Å². The van der Waals surface area contributed by atoms with E-state index in [2.05, 4.69) is 53.3 Å². The molecule has 160 valence electrons. The van der Waals surface area contributed by atoms with E-state index in [0.29, 0.717) is 19.7 Å². The van der Waals surface area contributed by atoms with Crippen LogP contribution in [0.2, 0.25) is 0 Å². The average Bonchev–Trinajstić information content (AvgIpc) is 2.81. The summed E-state index contributed by atoms with van der Waals surface area (Å²) in [5.74, 6) is 1.63.